The molecule has 3 atom stereocenters. The number of halogens is 1. The highest BCUT2D eigenvalue weighted by Crippen LogP contribution is 2.45. The first-order valence-corrected chi connectivity index (χ1v) is 11.5. The Morgan fingerprint density at radius 2 is 1.48 bits per heavy atom. The normalized spacial score (nSPS) is 22.2. The molecule has 0 aromatic heterocycles. The fourth-order valence-electron chi connectivity index (χ4n) is 4.98. The minimum Gasteiger partial charge on any atom is -0.321 e. The van der Waals surface area contributed by atoms with E-state index in [4.69, 9.17) is 11.6 Å². The molecule has 5 nitrogen and oxygen atoms in total. The van der Waals surface area contributed by atoms with E-state index in [1.54, 1.807) is 48.5 Å². The van der Waals surface area contributed by atoms with E-state index in [-0.39, 0.29) is 29.6 Å². The first-order chi connectivity index (χ1) is 16.0. The standard InChI is InChI=1S/C27H23ClN2O3/c28-23-8-4-5-9-24(23)29-25(31)18-10-13-20(14-11-18)30-26(32)21-15-12-19(16-22(21)27(30)33)17-6-2-1-3-7-17/h1-11,13-14,19,21-22H,12,15-16H2,(H,29,31)/t19-,21-,22+/m1/s1. The van der Waals surface area contributed by atoms with E-state index in [1.165, 1.54) is 10.5 Å². The number of anilines is 2. The summed E-state index contributed by atoms with van der Waals surface area (Å²) in [7, 11) is 0. The first-order valence-electron chi connectivity index (χ1n) is 11.1. The third-order valence-electron chi connectivity index (χ3n) is 6.71. The number of imide groups is 1. The molecule has 166 valence electrons. The molecule has 1 aliphatic heterocycles. The minimum atomic E-state index is -0.312. The van der Waals surface area contributed by atoms with Crippen molar-refractivity contribution in [2.75, 3.05) is 10.2 Å². The van der Waals surface area contributed by atoms with E-state index >= 15 is 0 Å². The average molecular weight is 459 g/mol. The van der Waals surface area contributed by atoms with Gasteiger partial charge in [0.05, 0.1) is 28.2 Å². The molecule has 2 fully saturated rings. The predicted octanol–water partition coefficient (Wildman–Crippen LogP) is 5.67. The lowest BCUT2D eigenvalue weighted by Crippen LogP contribution is -2.30. The maximum absolute atomic E-state index is 13.2. The number of nitrogens with zero attached hydrogens (tertiary/aromatic N) is 1. The lowest BCUT2D eigenvalue weighted by Gasteiger charge is -2.28. The van der Waals surface area contributed by atoms with Crippen LogP contribution >= 0.6 is 11.6 Å². The highest BCUT2D eigenvalue weighted by Gasteiger charge is 2.50. The van der Waals surface area contributed by atoms with Crippen LogP contribution in [0.1, 0.15) is 41.1 Å². The van der Waals surface area contributed by atoms with Gasteiger partial charge in [0.25, 0.3) is 5.91 Å². The van der Waals surface area contributed by atoms with Crippen molar-refractivity contribution in [1.82, 2.24) is 0 Å². The van der Waals surface area contributed by atoms with Crippen molar-refractivity contribution >= 4 is 40.7 Å². The van der Waals surface area contributed by atoms with Crippen molar-refractivity contribution in [3.8, 4) is 0 Å². The molecule has 1 heterocycles. The molecule has 0 unspecified atom stereocenters. The second kappa shape index (κ2) is 8.83. The lowest BCUT2D eigenvalue weighted by atomic mass is 9.73. The summed E-state index contributed by atoms with van der Waals surface area (Å²) in [5.74, 6) is -0.850. The Bertz CT molecular complexity index is 1210. The summed E-state index contributed by atoms with van der Waals surface area (Å²) in [5.41, 5.74) is 2.67. The maximum Gasteiger partial charge on any atom is 0.255 e. The predicted molar refractivity (Wildman–Crippen MR) is 128 cm³/mol. The number of carbonyl (C=O) groups is 3. The zero-order valence-electron chi connectivity index (χ0n) is 17.9. The van der Waals surface area contributed by atoms with Crippen LogP contribution in [-0.2, 0) is 9.59 Å². The molecule has 6 heteroatoms. The van der Waals surface area contributed by atoms with Gasteiger partial charge in [-0.05, 0) is 67.1 Å². The summed E-state index contributed by atoms with van der Waals surface area (Å²) in [6.07, 6.45) is 2.30. The molecule has 1 aliphatic carbocycles. The molecule has 0 radical (unpaired) electrons. The molecule has 3 aromatic carbocycles. The number of rotatable bonds is 4. The van der Waals surface area contributed by atoms with Crippen LogP contribution in [0.4, 0.5) is 11.4 Å². The van der Waals surface area contributed by atoms with Crippen molar-refractivity contribution in [3.63, 3.8) is 0 Å². The van der Waals surface area contributed by atoms with Crippen molar-refractivity contribution in [2.24, 2.45) is 11.8 Å². The second-order valence-electron chi connectivity index (χ2n) is 8.63. The number of para-hydroxylation sites is 1. The van der Waals surface area contributed by atoms with E-state index in [0.29, 0.717) is 40.7 Å². The fraction of sp³-hybridized carbons (Fsp3) is 0.222. The number of hydrogen-bond donors (Lipinski definition) is 1. The molecule has 1 saturated carbocycles. The Morgan fingerprint density at radius 1 is 0.818 bits per heavy atom. The van der Waals surface area contributed by atoms with Crippen molar-refractivity contribution in [3.05, 3.63) is 95.0 Å². The minimum absolute atomic E-state index is 0.134. The largest absolute Gasteiger partial charge is 0.321 e. The molecular weight excluding hydrogens is 436 g/mol. The summed E-state index contributed by atoms with van der Waals surface area (Å²) < 4.78 is 0. The van der Waals surface area contributed by atoms with Gasteiger partial charge in [-0.15, -0.1) is 0 Å². The Balaban J connectivity index is 1.31. The van der Waals surface area contributed by atoms with E-state index in [0.717, 1.165) is 6.42 Å². The number of amides is 3. The molecular formula is C27H23ClN2O3. The van der Waals surface area contributed by atoms with Gasteiger partial charge in [0.2, 0.25) is 11.8 Å². The van der Waals surface area contributed by atoms with Gasteiger partial charge in [-0.1, -0.05) is 54.1 Å². The molecule has 2 aliphatic rings. The van der Waals surface area contributed by atoms with Crippen LogP contribution in [0.5, 0.6) is 0 Å². The van der Waals surface area contributed by atoms with Gasteiger partial charge in [-0.3, -0.25) is 19.3 Å². The van der Waals surface area contributed by atoms with Crippen LogP contribution in [-0.4, -0.2) is 17.7 Å². The van der Waals surface area contributed by atoms with Gasteiger partial charge >= 0.3 is 0 Å². The lowest BCUT2D eigenvalue weighted by molar-refractivity contribution is -0.122. The number of hydrogen-bond acceptors (Lipinski definition) is 3. The zero-order valence-corrected chi connectivity index (χ0v) is 18.7. The number of benzene rings is 3. The van der Waals surface area contributed by atoms with E-state index in [2.05, 4.69) is 17.4 Å². The topological polar surface area (TPSA) is 66.5 Å². The number of nitrogens with one attached hydrogen (secondary N) is 1. The Kier molecular flexibility index (Phi) is 5.73. The molecule has 0 spiro atoms. The van der Waals surface area contributed by atoms with Crippen LogP contribution in [0.2, 0.25) is 5.02 Å². The second-order valence-corrected chi connectivity index (χ2v) is 9.03. The third kappa shape index (κ3) is 4.05. The van der Waals surface area contributed by atoms with Gasteiger partial charge in [0.15, 0.2) is 0 Å². The summed E-state index contributed by atoms with van der Waals surface area (Å²) >= 11 is 6.11. The van der Waals surface area contributed by atoms with Crippen molar-refractivity contribution < 1.29 is 14.4 Å². The van der Waals surface area contributed by atoms with Crippen LogP contribution in [0, 0.1) is 11.8 Å². The van der Waals surface area contributed by atoms with E-state index < -0.39 is 0 Å². The first kappa shape index (κ1) is 21.4. The maximum atomic E-state index is 13.2. The molecule has 3 amide bonds. The fourth-order valence-corrected chi connectivity index (χ4v) is 5.16. The molecule has 33 heavy (non-hydrogen) atoms. The van der Waals surface area contributed by atoms with E-state index in [9.17, 15) is 14.4 Å². The molecule has 1 N–H and O–H groups in total. The number of fused-ring (bicyclic) bond motifs is 1. The van der Waals surface area contributed by atoms with Crippen molar-refractivity contribution in [1.29, 1.82) is 0 Å². The quantitative estimate of drug-likeness (QED) is 0.512. The third-order valence-corrected chi connectivity index (χ3v) is 7.04. The number of carbonyl (C=O) groups excluding carboxylic acids is 3. The molecule has 5 rings (SSSR count). The summed E-state index contributed by atoms with van der Waals surface area (Å²) in [6, 6.07) is 23.8. The highest BCUT2D eigenvalue weighted by molar-refractivity contribution is 6.33. The van der Waals surface area contributed by atoms with Gasteiger partial charge in [0.1, 0.15) is 0 Å². The summed E-state index contributed by atoms with van der Waals surface area (Å²) in [5, 5.41) is 3.23. The van der Waals surface area contributed by atoms with Crippen LogP contribution in [0.3, 0.4) is 0 Å². The van der Waals surface area contributed by atoms with Crippen LogP contribution in [0.25, 0.3) is 0 Å². The van der Waals surface area contributed by atoms with Crippen molar-refractivity contribution in [2.45, 2.75) is 25.2 Å². The monoisotopic (exact) mass is 458 g/mol. The molecule has 3 aromatic rings. The van der Waals surface area contributed by atoms with Gasteiger partial charge in [-0.25, -0.2) is 0 Å². The summed E-state index contributed by atoms with van der Waals surface area (Å²) in [6.45, 7) is 0. The van der Waals surface area contributed by atoms with Gasteiger partial charge in [0, 0.05) is 5.56 Å². The Morgan fingerprint density at radius 3 is 2.21 bits per heavy atom. The van der Waals surface area contributed by atoms with Crippen LogP contribution < -0.4 is 10.2 Å². The smallest absolute Gasteiger partial charge is 0.255 e. The Labute approximate surface area is 197 Å². The summed E-state index contributed by atoms with van der Waals surface area (Å²) in [4.78, 5) is 40.2. The zero-order chi connectivity index (χ0) is 22.9. The molecule has 1 saturated heterocycles. The van der Waals surface area contributed by atoms with Gasteiger partial charge < -0.3 is 5.32 Å². The van der Waals surface area contributed by atoms with Crippen LogP contribution in [0.15, 0.2) is 78.9 Å². The Hall–Kier alpha value is -3.44. The van der Waals surface area contributed by atoms with E-state index in [1.807, 2.05) is 18.2 Å². The molecule has 0 bridgehead atoms. The average Bonchev–Trinajstić information content (AvgIpc) is 3.10. The highest BCUT2D eigenvalue weighted by atomic mass is 35.5. The SMILES string of the molecule is O=C(Nc1ccccc1Cl)c1ccc(N2C(=O)[C@H]3C[C@H](c4ccccc4)CC[C@H]3C2=O)cc1. The van der Waals surface area contributed by atoms with Gasteiger partial charge in [-0.2, -0.15) is 0 Å².